The van der Waals surface area contributed by atoms with Crippen molar-refractivity contribution >= 4 is 17.7 Å². The number of piperidine rings is 1. The number of hydrogen-bond acceptors (Lipinski definition) is 5. The van der Waals surface area contributed by atoms with Gasteiger partial charge in [0.2, 0.25) is 5.91 Å². The van der Waals surface area contributed by atoms with Crippen LogP contribution in [0.1, 0.15) is 83.1 Å². The predicted molar refractivity (Wildman–Crippen MR) is 153 cm³/mol. The highest BCUT2D eigenvalue weighted by Gasteiger charge is 2.26. The third-order valence-corrected chi connectivity index (χ3v) is 7.26. The molecule has 1 aliphatic rings. The first kappa shape index (κ1) is 29.4. The molecule has 2 aromatic carbocycles. The number of nitro benzene ring substituents is 1. The number of rotatable bonds is 8. The molecule has 0 unspecified atom stereocenters. The second-order valence-electron chi connectivity index (χ2n) is 12.5. The van der Waals surface area contributed by atoms with Crippen LogP contribution in [0.3, 0.4) is 0 Å². The minimum Gasteiger partial charge on any atom is -0.507 e. The van der Waals surface area contributed by atoms with E-state index in [0.717, 1.165) is 61.2 Å². The average Bonchev–Trinajstić information content (AvgIpc) is 2.83. The molecule has 1 aliphatic heterocycles. The highest BCUT2D eigenvalue weighted by molar-refractivity contribution is 5.91. The number of carbonyl (C=O) groups is 1. The fourth-order valence-corrected chi connectivity index (χ4v) is 4.99. The zero-order chi connectivity index (χ0) is 28.1. The number of aromatic hydroxyl groups is 1. The monoisotopic (exact) mass is 521 g/mol. The summed E-state index contributed by atoms with van der Waals surface area (Å²) in [7, 11) is 0. The molecule has 206 valence electrons. The Bertz CT molecular complexity index is 1130. The van der Waals surface area contributed by atoms with Crippen molar-refractivity contribution in [2.45, 2.75) is 78.2 Å². The molecular weight excluding hydrogens is 478 g/mol. The van der Waals surface area contributed by atoms with Crippen LogP contribution in [0.4, 0.5) is 5.69 Å². The van der Waals surface area contributed by atoms with Crippen LogP contribution in [-0.4, -0.2) is 40.5 Å². The molecular formula is C31H43N3O4. The first-order valence-corrected chi connectivity index (χ1v) is 13.5. The van der Waals surface area contributed by atoms with Crippen LogP contribution in [0.15, 0.2) is 42.5 Å². The molecule has 1 heterocycles. The van der Waals surface area contributed by atoms with Gasteiger partial charge in [0.25, 0.3) is 5.69 Å². The lowest BCUT2D eigenvalue weighted by Gasteiger charge is -2.32. The average molecular weight is 522 g/mol. The van der Waals surface area contributed by atoms with Gasteiger partial charge < -0.3 is 10.4 Å². The Balaban J connectivity index is 1.48. The molecule has 2 aromatic rings. The van der Waals surface area contributed by atoms with Gasteiger partial charge in [0.1, 0.15) is 5.75 Å². The van der Waals surface area contributed by atoms with Gasteiger partial charge in [0, 0.05) is 42.4 Å². The van der Waals surface area contributed by atoms with Gasteiger partial charge in [-0.05, 0) is 78.4 Å². The summed E-state index contributed by atoms with van der Waals surface area (Å²) in [6.45, 7) is 15.7. The highest BCUT2D eigenvalue weighted by Crippen LogP contribution is 2.40. The largest absolute Gasteiger partial charge is 0.507 e. The summed E-state index contributed by atoms with van der Waals surface area (Å²) in [5.41, 5.74) is 3.33. The van der Waals surface area contributed by atoms with E-state index < -0.39 is 0 Å². The molecule has 0 spiro atoms. The zero-order valence-electron chi connectivity index (χ0n) is 23.7. The standard InChI is InChI=1S/C31H43N3O4/c1-30(2,3)26-19-23(20-27(29(26)36)31(4,5)6)10-11-28(35)32-15-12-22-13-16-33(17-14-22)21-24-8-7-9-25(18-24)34(37)38/h7-11,18-20,22,36H,12-17,21H2,1-6H3,(H,32,35)/b11-10+. The summed E-state index contributed by atoms with van der Waals surface area (Å²) in [4.78, 5) is 25.5. The third kappa shape index (κ3) is 8.15. The fraction of sp³-hybridized carbons (Fsp3) is 0.516. The lowest BCUT2D eigenvalue weighted by Crippen LogP contribution is -2.34. The van der Waals surface area contributed by atoms with Crippen LogP contribution in [0.2, 0.25) is 0 Å². The van der Waals surface area contributed by atoms with Crippen LogP contribution in [0.5, 0.6) is 5.75 Å². The van der Waals surface area contributed by atoms with Crippen LogP contribution in [-0.2, 0) is 22.2 Å². The molecule has 7 heteroatoms. The topological polar surface area (TPSA) is 95.7 Å². The number of benzene rings is 2. The molecule has 3 rings (SSSR count). The van der Waals surface area contributed by atoms with Gasteiger partial charge >= 0.3 is 0 Å². The van der Waals surface area contributed by atoms with Crippen molar-refractivity contribution in [3.63, 3.8) is 0 Å². The second-order valence-corrected chi connectivity index (χ2v) is 12.5. The van der Waals surface area contributed by atoms with Gasteiger partial charge in [-0.3, -0.25) is 19.8 Å². The first-order valence-electron chi connectivity index (χ1n) is 13.5. The summed E-state index contributed by atoms with van der Waals surface area (Å²) in [6, 6.07) is 10.8. The Morgan fingerprint density at radius 1 is 1.08 bits per heavy atom. The van der Waals surface area contributed by atoms with Crippen molar-refractivity contribution in [1.29, 1.82) is 0 Å². The molecule has 0 atom stereocenters. The normalized spacial score (nSPS) is 15.6. The number of phenolic OH excluding ortho intramolecular Hbond substituents is 1. The molecule has 7 nitrogen and oxygen atoms in total. The quantitative estimate of drug-likeness (QED) is 0.240. The van der Waals surface area contributed by atoms with Gasteiger partial charge in [0.15, 0.2) is 0 Å². The van der Waals surface area contributed by atoms with Crippen LogP contribution >= 0.6 is 0 Å². The minimum atomic E-state index is -0.351. The molecule has 0 aliphatic carbocycles. The molecule has 0 radical (unpaired) electrons. The SMILES string of the molecule is CC(C)(C)c1cc(/C=C/C(=O)NCCC2CCN(Cc3cccc([N+](=O)[O-])c3)CC2)cc(C(C)(C)C)c1O. The van der Waals surface area contributed by atoms with Gasteiger partial charge in [-0.25, -0.2) is 0 Å². The highest BCUT2D eigenvalue weighted by atomic mass is 16.6. The number of likely N-dealkylation sites (tertiary alicyclic amines) is 1. The maximum Gasteiger partial charge on any atom is 0.269 e. The smallest absolute Gasteiger partial charge is 0.269 e. The summed E-state index contributed by atoms with van der Waals surface area (Å²) in [5, 5.41) is 24.9. The lowest BCUT2D eigenvalue weighted by atomic mass is 9.78. The maximum atomic E-state index is 12.5. The lowest BCUT2D eigenvalue weighted by molar-refractivity contribution is -0.384. The minimum absolute atomic E-state index is 0.115. The Labute approximate surface area is 227 Å². The van der Waals surface area contributed by atoms with Crippen molar-refractivity contribution in [3.05, 3.63) is 74.8 Å². The van der Waals surface area contributed by atoms with Crippen molar-refractivity contribution in [3.8, 4) is 5.75 Å². The molecule has 0 bridgehead atoms. The number of nitrogens with zero attached hydrogens (tertiary/aromatic N) is 2. The molecule has 2 N–H and O–H groups in total. The number of nitro groups is 1. The van der Waals surface area contributed by atoms with E-state index in [1.165, 1.54) is 6.07 Å². The number of amides is 1. The third-order valence-electron chi connectivity index (χ3n) is 7.26. The maximum absolute atomic E-state index is 12.5. The molecule has 0 aromatic heterocycles. The van der Waals surface area contributed by atoms with E-state index in [1.807, 2.05) is 24.3 Å². The van der Waals surface area contributed by atoms with E-state index in [1.54, 1.807) is 18.2 Å². The van der Waals surface area contributed by atoms with E-state index in [4.69, 9.17) is 0 Å². The van der Waals surface area contributed by atoms with Gasteiger partial charge in [-0.2, -0.15) is 0 Å². The van der Waals surface area contributed by atoms with E-state index >= 15 is 0 Å². The molecule has 0 saturated carbocycles. The van der Waals surface area contributed by atoms with Crippen LogP contribution in [0, 0.1) is 16.0 Å². The van der Waals surface area contributed by atoms with E-state index in [2.05, 4.69) is 51.8 Å². The molecule has 38 heavy (non-hydrogen) atoms. The predicted octanol–water partition coefficient (Wildman–Crippen LogP) is 6.33. The molecule has 1 saturated heterocycles. The Morgan fingerprint density at radius 2 is 1.68 bits per heavy atom. The van der Waals surface area contributed by atoms with E-state index in [0.29, 0.717) is 18.2 Å². The Hall–Kier alpha value is -3.19. The van der Waals surface area contributed by atoms with Crippen molar-refractivity contribution in [1.82, 2.24) is 10.2 Å². The zero-order valence-corrected chi connectivity index (χ0v) is 23.7. The van der Waals surface area contributed by atoms with Crippen molar-refractivity contribution in [2.75, 3.05) is 19.6 Å². The molecule has 1 amide bonds. The summed E-state index contributed by atoms with van der Waals surface area (Å²) in [6.07, 6.45) is 6.45. The molecule has 1 fully saturated rings. The number of non-ortho nitro benzene ring substituents is 1. The van der Waals surface area contributed by atoms with Crippen LogP contribution in [0.25, 0.3) is 6.08 Å². The first-order chi connectivity index (χ1) is 17.7. The van der Waals surface area contributed by atoms with Gasteiger partial charge in [0.05, 0.1) is 4.92 Å². The summed E-state index contributed by atoms with van der Waals surface area (Å²) < 4.78 is 0. The fourth-order valence-electron chi connectivity index (χ4n) is 4.99. The Kier molecular flexibility index (Phi) is 9.36. The van der Waals surface area contributed by atoms with Crippen molar-refractivity contribution in [2.24, 2.45) is 5.92 Å². The number of carbonyl (C=O) groups excluding carboxylic acids is 1. The summed E-state index contributed by atoms with van der Waals surface area (Å²) in [5.74, 6) is 0.778. The van der Waals surface area contributed by atoms with Crippen LogP contribution < -0.4 is 5.32 Å². The van der Waals surface area contributed by atoms with E-state index in [9.17, 15) is 20.0 Å². The van der Waals surface area contributed by atoms with Gasteiger partial charge in [-0.15, -0.1) is 0 Å². The number of phenols is 1. The Morgan fingerprint density at radius 3 is 2.24 bits per heavy atom. The van der Waals surface area contributed by atoms with Gasteiger partial charge in [-0.1, -0.05) is 53.7 Å². The van der Waals surface area contributed by atoms with E-state index in [-0.39, 0.29) is 27.3 Å². The number of nitrogens with one attached hydrogen (secondary N) is 1. The van der Waals surface area contributed by atoms with Crippen molar-refractivity contribution < 1.29 is 14.8 Å². The second kappa shape index (κ2) is 12.1. The summed E-state index contributed by atoms with van der Waals surface area (Å²) >= 11 is 0. The number of hydrogen-bond donors (Lipinski definition) is 2.